The third kappa shape index (κ3) is 5.50. The number of aromatic nitrogens is 5. The molecule has 0 radical (unpaired) electrons. The predicted octanol–water partition coefficient (Wildman–Crippen LogP) is 4.77. The lowest BCUT2D eigenvalue weighted by atomic mass is 10.0. The number of tetrazole rings is 1. The van der Waals surface area contributed by atoms with Crippen molar-refractivity contribution in [3.63, 3.8) is 0 Å². The number of aryl methyl sites for hydroxylation is 3. The molecule has 194 valence electrons. The van der Waals surface area contributed by atoms with E-state index in [1.54, 1.807) is 0 Å². The molecule has 1 saturated heterocycles. The molecule has 4 aromatic rings. The van der Waals surface area contributed by atoms with Gasteiger partial charge in [-0.05, 0) is 73.2 Å². The summed E-state index contributed by atoms with van der Waals surface area (Å²) in [6, 6.07) is 14.7. The molecule has 8 nitrogen and oxygen atoms in total. The van der Waals surface area contributed by atoms with Crippen LogP contribution in [0.15, 0.2) is 47.3 Å². The second-order valence-electron chi connectivity index (χ2n) is 10.3. The van der Waals surface area contributed by atoms with Gasteiger partial charge in [0, 0.05) is 30.6 Å². The largest absolute Gasteiger partial charge is 0.376 e. The summed E-state index contributed by atoms with van der Waals surface area (Å²) >= 11 is 0. The van der Waals surface area contributed by atoms with E-state index in [9.17, 15) is 4.79 Å². The maximum absolute atomic E-state index is 13.3. The van der Waals surface area contributed by atoms with Gasteiger partial charge < -0.3 is 9.72 Å². The van der Waals surface area contributed by atoms with Crippen LogP contribution in [0.1, 0.15) is 65.9 Å². The number of H-pyrrole nitrogens is 1. The molecule has 2 aromatic carbocycles. The van der Waals surface area contributed by atoms with Gasteiger partial charge in [-0.15, -0.1) is 5.10 Å². The van der Waals surface area contributed by atoms with Crippen LogP contribution in [-0.2, 0) is 24.4 Å². The van der Waals surface area contributed by atoms with E-state index in [-0.39, 0.29) is 17.7 Å². The van der Waals surface area contributed by atoms with Gasteiger partial charge in [-0.2, -0.15) is 0 Å². The van der Waals surface area contributed by atoms with Crippen molar-refractivity contribution >= 4 is 10.9 Å². The third-order valence-corrected chi connectivity index (χ3v) is 7.49. The van der Waals surface area contributed by atoms with Gasteiger partial charge in [-0.25, -0.2) is 4.68 Å². The highest BCUT2D eigenvalue weighted by Crippen LogP contribution is 2.28. The monoisotopic (exact) mass is 500 g/mol. The minimum Gasteiger partial charge on any atom is -0.376 e. The standard InChI is InChI=1S/C29H36N6O2/c1-5-26(28-31-32-33-35(28)18-24-7-6-14-37-24)34(16-22-12-8-19(2)9-13-22)17-23-15-25-20(3)10-11-21(4)27(25)30-29(23)36/h8-13,15,24,26H,5-7,14,16-18H2,1-4H3,(H,30,36)/t24-,26+/m1/s1. The van der Waals surface area contributed by atoms with Crippen LogP contribution in [0.2, 0.25) is 0 Å². The fourth-order valence-electron chi connectivity index (χ4n) is 5.32. The topological polar surface area (TPSA) is 88.9 Å². The van der Waals surface area contributed by atoms with Gasteiger partial charge in [0.05, 0.1) is 24.2 Å². The molecule has 37 heavy (non-hydrogen) atoms. The van der Waals surface area contributed by atoms with Gasteiger partial charge in [-0.3, -0.25) is 9.69 Å². The van der Waals surface area contributed by atoms with Crippen LogP contribution in [0.4, 0.5) is 0 Å². The molecule has 1 fully saturated rings. The van der Waals surface area contributed by atoms with E-state index in [1.807, 2.05) is 11.6 Å². The molecule has 1 N–H and O–H groups in total. The first-order chi connectivity index (χ1) is 17.9. The van der Waals surface area contributed by atoms with Crippen molar-refractivity contribution in [3.05, 3.63) is 86.5 Å². The number of nitrogens with zero attached hydrogens (tertiary/aromatic N) is 5. The molecule has 3 heterocycles. The smallest absolute Gasteiger partial charge is 0.252 e. The van der Waals surface area contributed by atoms with E-state index in [0.29, 0.717) is 19.6 Å². The summed E-state index contributed by atoms with van der Waals surface area (Å²) in [6.45, 7) is 11.0. The van der Waals surface area contributed by atoms with Gasteiger partial charge >= 0.3 is 0 Å². The second-order valence-corrected chi connectivity index (χ2v) is 10.3. The molecule has 0 unspecified atom stereocenters. The van der Waals surface area contributed by atoms with Gasteiger partial charge in [-0.1, -0.05) is 48.9 Å². The van der Waals surface area contributed by atoms with Crippen molar-refractivity contribution in [3.8, 4) is 0 Å². The van der Waals surface area contributed by atoms with E-state index >= 15 is 0 Å². The first kappa shape index (κ1) is 25.3. The zero-order chi connectivity index (χ0) is 25.9. The van der Waals surface area contributed by atoms with E-state index in [4.69, 9.17) is 4.74 Å². The predicted molar refractivity (Wildman–Crippen MR) is 144 cm³/mol. The summed E-state index contributed by atoms with van der Waals surface area (Å²) in [4.78, 5) is 18.8. The zero-order valence-electron chi connectivity index (χ0n) is 22.2. The number of nitrogens with one attached hydrogen (secondary N) is 1. The highest BCUT2D eigenvalue weighted by Gasteiger charge is 2.28. The lowest BCUT2D eigenvalue weighted by Gasteiger charge is -2.30. The van der Waals surface area contributed by atoms with Gasteiger partial charge in [0.25, 0.3) is 5.56 Å². The van der Waals surface area contributed by atoms with Crippen LogP contribution in [0, 0.1) is 20.8 Å². The molecule has 0 aliphatic carbocycles. The molecule has 1 aliphatic rings. The minimum atomic E-state index is -0.0635. The molecule has 2 aromatic heterocycles. The Kier molecular flexibility index (Phi) is 7.48. The molecule has 0 amide bonds. The first-order valence-corrected chi connectivity index (χ1v) is 13.2. The van der Waals surface area contributed by atoms with Crippen LogP contribution in [0.5, 0.6) is 0 Å². The lowest BCUT2D eigenvalue weighted by Crippen LogP contribution is -2.33. The normalized spacial score (nSPS) is 16.6. The average molecular weight is 501 g/mol. The van der Waals surface area contributed by atoms with E-state index in [0.717, 1.165) is 59.3 Å². The Morgan fingerprint density at radius 1 is 1.11 bits per heavy atom. The Bertz CT molecular complexity index is 1420. The number of hydrogen-bond donors (Lipinski definition) is 1. The molecule has 1 aliphatic heterocycles. The first-order valence-electron chi connectivity index (χ1n) is 13.2. The maximum Gasteiger partial charge on any atom is 0.252 e. The molecule has 0 saturated carbocycles. The zero-order valence-corrected chi connectivity index (χ0v) is 22.2. The summed E-state index contributed by atoms with van der Waals surface area (Å²) < 4.78 is 7.75. The number of fused-ring (bicyclic) bond motifs is 1. The Morgan fingerprint density at radius 3 is 2.62 bits per heavy atom. The maximum atomic E-state index is 13.3. The van der Waals surface area contributed by atoms with E-state index < -0.39 is 0 Å². The number of pyridine rings is 1. The molecular weight excluding hydrogens is 464 g/mol. The summed E-state index contributed by atoms with van der Waals surface area (Å²) in [5, 5.41) is 13.9. The van der Waals surface area contributed by atoms with Crippen molar-refractivity contribution < 1.29 is 4.74 Å². The number of ether oxygens (including phenoxy) is 1. The number of benzene rings is 2. The number of rotatable bonds is 9. The Labute approximate surface area is 217 Å². The average Bonchev–Trinajstić information content (AvgIpc) is 3.57. The second kappa shape index (κ2) is 10.9. The fraction of sp³-hybridized carbons (Fsp3) is 0.448. The molecule has 8 heteroatoms. The Hall–Kier alpha value is -3.36. The Balaban J connectivity index is 1.52. The van der Waals surface area contributed by atoms with Crippen molar-refractivity contribution in [1.82, 2.24) is 30.1 Å². The summed E-state index contributed by atoms with van der Waals surface area (Å²) in [5.74, 6) is 0.814. The van der Waals surface area contributed by atoms with Crippen LogP contribution in [-0.4, -0.2) is 42.8 Å². The fourth-order valence-corrected chi connectivity index (χ4v) is 5.32. The third-order valence-electron chi connectivity index (χ3n) is 7.49. The van der Waals surface area contributed by atoms with E-state index in [2.05, 4.69) is 88.6 Å². The molecule has 5 rings (SSSR count). The van der Waals surface area contributed by atoms with E-state index in [1.165, 1.54) is 11.1 Å². The van der Waals surface area contributed by atoms with Crippen molar-refractivity contribution in [1.29, 1.82) is 0 Å². The van der Waals surface area contributed by atoms with Crippen LogP contribution in [0.25, 0.3) is 10.9 Å². The summed E-state index contributed by atoms with van der Waals surface area (Å²) in [5.41, 5.74) is 6.22. The summed E-state index contributed by atoms with van der Waals surface area (Å²) in [7, 11) is 0. The molecular formula is C29H36N6O2. The highest BCUT2D eigenvalue weighted by molar-refractivity contribution is 5.85. The number of hydrogen-bond acceptors (Lipinski definition) is 6. The van der Waals surface area contributed by atoms with Crippen molar-refractivity contribution in [2.45, 2.75) is 78.7 Å². The van der Waals surface area contributed by atoms with Gasteiger partial charge in [0.15, 0.2) is 5.82 Å². The van der Waals surface area contributed by atoms with Crippen molar-refractivity contribution in [2.75, 3.05) is 6.61 Å². The lowest BCUT2D eigenvalue weighted by molar-refractivity contribution is 0.0888. The van der Waals surface area contributed by atoms with Crippen molar-refractivity contribution in [2.24, 2.45) is 0 Å². The number of aromatic amines is 1. The molecule has 0 bridgehead atoms. The quantitative estimate of drug-likeness (QED) is 0.356. The SMILES string of the molecule is CC[C@@H](c1nnnn1C[C@H]1CCCO1)N(Cc1ccc(C)cc1)Cc1cc2c(C)ccc(C)c2[nH]c1=O. The summed E-state index contributed by atoms with van der Waals surface area (Å²) in [6.07, 6.45) is 3.04. The van der Waals surface area contributed by atoms with Crippen LogP contribution >= 0.6 is 0 Å². The van der Waals surface area contributed by atoms with Gasteiger partial charge in [0.2, 0.25) is 0 Å². The minimum absolute atomic E-state index is 0.0519. The molecule has 2 atom stereocenters. The van der Waals surface area contributed by atoms with Crippen LogP contribution in [0.3, 0.4) is 0 Å². The van der Waals surface area contributed by atoms with Crippen LogP contribution < -0.4 is 5.56 Å². The molecule has 0 spiro atoms. The van der Waals surface area contributed by atoms with Gasteiger partial charge in [0.1, 0.15) is 0 Å². The highest BCUT2D eigenvalue weighted by atomic mass is 16.5. The Morgan fingerprint density at radius 2 is 1.89 bits per heavy atom.